The monoisotopic (exact) mass is 435 g/mol. The number of amides is 3. The predicted molar refractivity (Wildman–Crippen MR) is 120 cm³/mol. The van der Waals surface area contributed by atoms with Crippen LogP contribution < -0.4 is 10.2 Å². The third kappa shape index (κ3) is 2.79. The lowest BCUT2D eigenvalue weighted by Crippen LogP contribution is -2.54. The Bertz CT molecular complexity index is 1060. The number of anilines is 1. The van der Waals surface area contributed by atoms with Gasteiger partial charge in [0.05, 0.1) is 18.4 Å². The summed E-state index contributed by atoms with van der Waals surface area (Å²) in [6, 6.07) is 16.9. The van der Waals surface area contributed by atoms with Crippen LogP contribution in [0.15, 0.2) is 54.6 Å². The van der Waals surface area contributed by atoms with E-state index in [2.05, 4.69) is 5.32 Å². The summed E-state index contributed by atoms with van der Waals surface area (Å²) in [5.74, 6) is -0.993. The Labute approximate surface area is 186 Å². The number of carbonyl (C=O) groups excluding carboxylic acids is 3. The minimum Gasteiger partial charge on any atom is -0.313 e. The topological polar surface area (TPSA) is 69.7 Å². The second-order valence-corrected chi connectivity index (χ2v) is 9.46. The van der Waals surface area contributed by atoms with Gasteiger partial charge in [-0.2, -0.15) is 11.8 Å². The number of rotatable bonds is 5. The number of hydrogen-bond donors (Lipinski definition) is 1. The van der Waals surface area contributed by atoms with Gasteiger partial charge in [0, 0.05) is 24.3 Å². The zero-order valence-electron chi connectivity index (χ0n) is 17.6. The molecule has 7 heteroatoms. The summed E-state index contributed by atoms with van der Waals surface area (Å²) < 4.78 is 0. The minimum absolute atomic E-state index is 0.155. The number of hydrogen-bond acceptors (Lipinski definition) is 5. The van der Waals surface area contributed by atoms with Crippen LogP contribution >= 0.6 is 11.8 Å². The molecule has 2 fully saturated rings. The fraction of sp³-hybridized carbons (Fsp3) is 0.375. The summed E-state index contributed by atoms with van der Waals surface area (Å²) in [5.41, 5.74) is 1.32. The molecule has 0 aromatic heterocycles. The maximum Gasteiger partial charge on any atom is 0.252 e. The Morgan fingerprint density at radius 1 is 1.00 bits per heavy atom. The molecule has 3 heterocycles. The molecule has 6 nitrogen and oxygen atoms in total. The highest BCUT2D eigenvalue weighted by molar-refractivity contribution is 7.98. The molecule has 0 aliphatic carbocycles. The van der Waals surface area contributed by atoms with Crippen molar-refractivity contribution < 1.29 is 14.4 Å². The number of imide groups is 1. The number of nitrogens with zero attached hydrogens (tertiary/aromatic N) is 2. The highest BCUT2D eigenvalue weighted by Gasteiger charge is 2.71. The van der Waals surface area contributed by atoms with Crippen LogP contribution in [0.1, 0.15) is 17.5 Å². The van der Waals surface area contributed by atoms with Gasteiger partial charge in [0.2, 0.25) is 11.8 Å². The third-order valence-electron chi connectivity index (χ3n) is 6.90. The van der Waals surface area contributed by atoms with Crippen molar-refractivity contribution >= 4 is 35.2 Å². The first kappa shape index (κ1) is 20.3. The molecule has 0 saturated carbocycles. The van der Waals surface area contributed by atoms with E-state index in [1.807, 2.05) is 60.9 Å². The smallest absolute Gasteiger partial charge is 0.252 e. The van der Waals surface area contributed by atoms with Crippen LogP contribution in [0.4, 0.5) is 5.69 Å². The van der Waals surface area contributed by atoms with Crippen LogP contribution in [-0.2, 0) is 26.5 Å². The first-order valence-electron chi connectivity index (χ1n) is 10.5. The summed E-state index contributed by atoms with van der Waals surface area (Å²) in [7, 11) is 1.74. The van der Waals surface area contributed by atoms with Gasteiger partial charge in [-0.15, -0.1) is 0 Å². The standard InChI is InChI=1S/C24H25N3O3S/c1-26-18-11-7-6-10-16(18)24(23(26)30)20-19(17(25-24)12-13-31-2)21(28)27(22(20)29)14-15-8-4-3-5-9-15/h3-11,17,19-20,25H,12-14H2,1-2H3/t17-,19+,20+,24+/m1/s1. The summed E-state index contributed by atoms with van der Waals surface area (Å²) in [4.78, 5) is 43.9. The fourth-order valence-corrected chi connectivity index (χ4v) is 6.02. The van der Waals surface area contributed by atoms with Gasteiger partial charge in [0.1, 0.15) is 5.54 Å². The van der Waals surface area contributed by atoms with E-state index in [9.17, 15) is 14.4 Å². The molecule has 0 bridgehead atoms. The van der Waals surface area contributed by atoms with E-state index >= 15 is 0 Å². The molecule has 4 atom stereocenters. The number of carbonyl (C=O) groups is 3. The maximum atomic E-state index is 13.7. The molecule has 160 valence electrons. The van der Waals surface area contributed by atoms with Crippen molar-refractivity contribution in [2.45, 2.75) is 24.5 Å². The quantitative estimate of drug-likeness (QED) is 0.731. The molecule has 2 aromatic rings. The molecule has 3 amide bonds. The van der Waals surface area contributed by atoms with Crippen molar-refractivity contribution in [2.24, 2.45) is 11.8 Å². The molecular weight excluding hydrogens is 410 g/mol. The van der Waals surface area contributed by atoms with Gasteiger partial charge in [-0.3, -0.25) is 24.6 Å². The Morgan fingerprint density at radius 2 is 1.71 bits per heavy atom. The fourth-order valence-electron chi connectivity index (χ4n) is 5.53. The SMILES string of the molecule is CSCC[C@H]1N[C@]2(C(=O)N(C)c3ccccc32)[C@@H]2C(=O)N(Cc3ccccc3)C(=O)[C@H]21. The van der Waals surface area contributed by atoms with E-state index in [1.165, 1.54) is 4.90 Å². The van der Waals surface area contributed by atoms with E-state index < -0.39 is 17.4 Å². The zero-order valence-corrected chi connectivity index (χ0v) is 18.4. The average Bonchev–Trinajstić information content (AvgIpc) is 3.34. The van der Waals surface area contributed by atoms with Gasteiger partial charge in [-0.25, -0.2) is 0 Å². The van der Waals surface area contributed by atoms with Crippen LogP contribution in [0.2, 0.25) is 0 Å². The van der Waals surface area contributed by atoms with E-state index in [1.54, 1.807) is 23.7 Å². The number of nitrogens with one attached hydrogen (secondary N) is 1. The molecule has 1 N–H and O–H groups in total. The van der Waals surface area contributed by atoms with Gasteiger partial charge in [-0.05, 0) is 30.1 Å². The summed E-state index contributed by atoms with van der Waals surface area (Å²) >= 11 is 1.70. The van der Waals surface area contributed by atoms with E-state index in [0.29, 0.717) is 0 Å². The number of fused-ring (bicyclic) bond motifs is 4. The number of benzene rings is 2. The lowest BCUT2D eigenvalue weighted by atomic mass is 9.76. The van der Waals surface area contributed by atoms with Crippen molar-refractivity contribution in [3.8, 4) is 0 Å². The molecule has 0 radical (unpaired) electrons. The minimum atomic E-state index is -1.18. The van der Waals surface area contributed by atoms with Crippen LogP contribution in [0, 0.1) is 11.8 Å². The Hall–Kier alpha value is -2.64. The first-order chi connectivity index (χ1) is 15.0. The molecule has 5 rings (SSSR count). The number of thioether (sulfide) groups is 1. The normalized spacial score (nSPS) is 29.2. The van der Waals surface area contributed by atoms with Crippen LogP contribution in [0.5, 0.6) is 0 Å². The largest absolute Gasteiger partial charge is 0.313 e. The molecule has 3 aliphatic rings. The zero-order chi connectivity index (χ0) is 21.8. The number of likely N-dealkylation sites (tertiary alicyclic amines) is 1. The first-order valence-corrected chi connectivity index (χ1v) is 11.9. The molecular formula is C24H25N3O3S. The lowest BCUT2D eigenvalue weighted by molar-refractivity contribution is -0.143. The van der Waals surface area contributed by atoms with E-state index in [0.717, 1.165) is 29.0 Å². The van der Waals surface area contributed by atoms with Crippen molar-refractivity contribution in [2.75, 3.05) is 24.0 Å². The van der Waals surface area contributed by atoms with Gasteiger partial charge in [-0.1, -0.05) is 48.5 Å². The van der Waals surface area contributed by atoms with Crippen molar-refractivity contribution in [3.63, 3.8) is 0 Å². The number of likely N-dealkylation sites (N-methyl/N-ethyl adjacent to an activating group) is 1. The van der Waals surface area contributed by atoms with Gasteiger partial charge in [0.25, 0.3) is 5.91 Å². The highest BCUT2D eigenvalue weighted by Crippen LogP contribution is 2.54. The van der Waals surface area contributed by atoms with Crippen LogP contribution in [0.25, 0.3) is 0 Å². The molecule has 3 aliphatic heterocycles. The van der Waals surface area contributed by atoms with E-state index in [-0.39, 0.29) is 30.3 Å². The van der Waals surface area contributed by atoms with Crippen LogP contribution in [-0.4, -0.2) is 47.7 Å². The third-order valence-corrected chi connectivity index (χ3v) is 7.55. The Balaban J connectivity index is 1.60. The predicted octanol–water partition coefficient (Wildman–Crippen LogP) is 2.38. The summed E-state index contributed by atoms with van der Waals surface area (Å²) in [5, 5.41) is 3.51. The molecule has 1 spiro atoms. The van der Waals surface area contributed by atoms with E-state index in [4.69, 9.17) is 0 Å². The molecule has 2 saturated heterocycles. The second kappa shape index (κ2) is 7.50. The van der Waals surface area contributed by atoms with Gasteiger partial charge in [0.15, 0.2) is 0 Å². The summed E-state index contributed by atoms with van der Waals surface area (Å²) in [6.45, 7) is 0.239. The molecule has 31 heavy (non-hydrogen) atoms. The summed E-state index contributed by atoms with van der Waals surface area (Å²) in [6.07, 6.45) is 2.75. The van der Waals surface area contributed by atoms with Crippen molar-refractivity contribution in [1.29, 1.82) is 0 Å². The van der Waals surface area contributed by atoms with Gasteiger partial charge >= 0.3 is 0 Å². The highest BCUT2D eigenvalue weighted by atomic mass is 32.2. The maximum absolute atomic E-state index is 13.7. The average molecular weight is 436 g/mol. The molecule has 0 unspecified atom stereocenters. The number of para-hydroxylation sites is 1. The Morgan fingerprint density at radius 3 is 2.45 bits per heavy atom. The second-order valence-electron chi connectivity index (χ2n) is 8.47. The van der Waals surface area contributed by atoms with Crippen molar-refractivity contribution in [3.05, 3.63) is 65.7 Å². The van der Waals surface area contributed by atoms with Crippen LogP contribution in [0.3, 0.4) is 0 Å². The molecule has 2 aromatic carbocycles. The van der Waals surface area contributed by atoms with Gasteiger partial charge < -0.3 is 4.90 Å². The van der Waals surface area contributed by atoms with Crippen molar-refractivity contribution in [1.82, 2.24) is 10.2 Å². The Kier molecular flexibility index (Phi) is 4.90. The lowest BCUT2D eigenvalue weighted by Gasteiger charge is -2.30.